The lowest BCUT2D eigenvalue weighted by atomic mass is 9.89. The average molecular weight is 403 g/mol. The van der Waals surface area contributed by atoms with Crippen molar-refractivity contribution in [3.63, 3.8) is 0 Å². The number of carbonyl (C=O) groups is 2. The summed E-state index contributed by atoms with van der Waals surface area (Å²) in [5.41, 5.74) is -0.901. The van der Waals surface area contributed by atoms with Gasteiger partial charge in [0.15, 0.2) is 0 Å². The van der Waals surface area contributed by atoms with Gasteiger partial charge in [-0.15, -0.1) is 0 Å². The van der Waals surface area contributed by atoms with Crippen LogP contribution in [-0.2, 0) is 9.47 Å². The molecule has 8 nitrogen and oxygen atoms in total. The number of rotatable bonds is 2. The smallest absolute Gasteiger partial charge is 0.410 e. The number of amides is 2. The Morgan fingerprint density at radius 3 is 1.14 bits per heavy atom. The molecule has 0 aromatic rings. The first-order valence-corrected chi connectivity index (χ1v) is 9.87. The van der Waals surface area contributed by atoms with Crippen molar-refractivity contribution in [2.45, 2.75) is 103 Å². The fourth-order valence-corrected chi connectivity index (χ4v) is 2.72. The summed E-state index contributed by atoms with van der Waals surface area (Å²) in [7, 11) is 3.43. The second-order valence-electron chi connectivity index (χ2n) is 9.74. The third-order valence-electron chi connectivity index (χ3n) is 4.64. The van der Waals surface area contributed by atoms with Gasteiger partial charge < -0.3 is 29.5 Å². The van der Waals surface area contributed by atoms with E-state index in [1.807, 2.05) is 41.5 Å². The molecular formula is C20H38N2O6. The Kier molecular flexibility index (Phi) is 8.14. The minimum atomic E-state index is -0.451. The van der Waals surface area contributed by atoms with Gasteiger partial charge in [-0.25, -0.2) is 9.59 Å². The summed E-state index contributed by atoms with van der Waals surface area (Å²) in [6.45, 7) is 11.0. The molecule has 0 unspecified atom stereocenters. The molecule has 0 heterocycles. The second kappa shape index (κ2) is 9.31. The summed E-state index contributed by atoms with van der Waals surface area (Å²) in [4.78, 5) is 26.2. The van der Waals surface area contributed by atoms with E-state index < -0.39 is 11.2 Å². The first-order chi connectivity index (χ1) is 12.6. The number of aliphatic hydroxyl groups is 2. The Morgan fingerprint density at radius 1 is 0.714 bits per heavy atom. The summed E-state index contributed by atoms with van der Waals surface area (Å²) < 4.78 is 10.4. The van der Waals surface area contributed by atoms with Crippen molar-refractivity contribution in [2.75, 3.05) is 14.1 Å². The van der Waals surface area contributed by atoms with Gasteiger partial charge in [0.2, 0.25) is 0 Å². The van der Waals surface area contributed by atoms with Gasteiger partial charge in [-0.2, -0.15) is 0 Å². The molecule has 0 aromatic heterocycles. The Hall–Kier alpha value is -1.54. The predicted octanol–water partition coefficient (Wildman–Crippen LogP) is 2.75. The van der Waals surface area contributed by atoms with E-state index in [0.29, 0.717) is 25.7 Å². The lowest BCUT2D eigenvalue weighted by Gasteiger charge is -2.38. The van der Waals surface area contributed by atoms with Crippen LogP contribution >= 0.6 is 0 Å². The number of nitrogens with zero attached hydrogens (tertiary/aromatic N) is 2. The molecule has 2 aliphatic carbocycles. The molecule has 0 aliphatic heterocycles. The van der Waals surface area contributed by atoms with E-state index in [1.54, 1.807) is 23.9 Å². The van der Waals surface area contributed by atoms with Gasteiger partial charge in [0.1, 0.15) is 11.2 Å². The van der Waals surface area contributed by atoms with E-state index in [1.165, 1.54) is 0 Å². The Bertz CT molecular complexity index is 480. The lowest BCUT2D eigenvalue weighted by molar-refractivity contribution is -0.0169. The van der Waals surface area contributed by atoms with Crippen LogP contribution in [0.1, 0.15) is 67.2 Å². The van der Waals surface area contributed by atoms with Crippen LogP contribution in [0.3, 0.4) is 0 Å². The van der Waals surface area contributed by atoms with Crippen molar-refractivity contribution in [3.05, 3.63) is 0 Å². The van der Waals surface area contributed by atoms with Gasteiger partial charge in [-0.1, -0.05) is 0 Å². The third kappa shape index (κ3) is 8.22. The molecule has 0 radical (unpaired) electrons. The van der Waals surface area contributed by atoms with E-state index in [0.717, 1.165) is 0 Å². The van der Waals surface area contributed by atoms with Crippen LogP contribution in [0.4, 0.5) is 9.59 Å². The highest BCUT2D eigenvalue weighted by Gasteiger charge is 2.35. The Labute approximate surface area is 168 Å². The highest BCUT2D eigenvalue weighted by atomic mass is 16.6. The van der Waals surface area contributed by atoms with Crippen LogP contribution in [0, 0.1) is 0 Å². The highest BCUT2D eigenvalue weighted by molar-refractivity contribution is 5.68. The van der Waals surface area contributed by atoms with Crippen LogP contribution in [0.2, 0.25) is 0 Å². The van der Waals surface area contributed by atoms with Gasteiger partial charge in [-0.05, 0) is 67.2 Å². The first kappa shape index (κ1) is 24.5. The largest absolute Gasteiger partial charge is 0.444 e. The topological polar surface area (TPSA) is 99.5 Å². The van der Waals surface area contributed by atoms with Gasteiger partial charge >= 0.3 is 12.2 Å². The van der Waals surface area contributed by atoms with Crippen LogP contribution in [0.25, 0.3) is 0 Å². The summed E-state index contributed by atoms with van der Waals surface area (Å²) in [5.74, 6) is 0. The number of carbonyl (C=O) groups excluding carboxylic acids is 2. The molecule has 2 saturated carbocycles. The molecule has 0 saturated heterocycles. The van der Waals surface area contributed by atoms with Crippen LogP contribution in [-0.4, -0.2) is 81.8 Å². The minimum Gasteiger partial charge on any atom is -0.444 e. The molecule has 2 aliphatic rings. The average Bonchev–Trinajstić information content (AvgIpc) is 2.44. The predicted molar refractivity (Wildman–Crippen MR) is 106 cm³/mol. The number of aliphatic hydroxyl groups excluding tert-OH is 2. The SMILES string of the molecule is CN(C(=O)OC(C)(C)C)C1CC(O)C1.CN(C(=O)OC(C)(C)C)C1CC(O)C1. The summed E-state index contributed by atoms with van der Waals surface area (Å²) >= 11 is 0. The zero-order chi connectivity index (χ0) is 21.9. The number of hydrogen-bond donors (Lipinski definition) is 2. The molecular weight excluding hydrogens is 364 g/mol. The van der Waals surface area contributed by atoms with E-state index in [9.17, 15) is 9.59 Å². The van der Waals surface area contributed by atoms with Crippen molar-refractivity contribution in [1.29, 1.82) is 0 Å². The number of hydrogen-bond acceptors (Lipinski definition) is 6. The zero-order valence-corrected chi connectivity index (χ0v) is 18.6. The quantitative estimate of drug-likeness (QED) is 0.737. The molecule has 0 aromatic carbocycles. The van der Waals surface area contributed by atoms with E-state index in [2.05, 4.69) is 0 Å². The van der Waals surface area contributed by atoms with E-state index in [4.69, 9.17) is 19.7 Å². The van der Waals surface area contributed by atoms with Gasteiger partial charge in [0.25, 0.3) is 0 Å². The molecule has 0 bridgehead atoms. The molecule has 0 atom stereocenters. The van der Waals surface area contributed by atoms with Crippen LogP contribution in [0.5, 0.6) is 0 Å². The maximum Gasteiger partial charge on any atom is 0.410 e. The second-order valence-corrected chi connectivity index (χ2v) is 9.74. The van der Waals surface area contributed by atoms with Crippen molar-refractivity contribution in [2.24, 2.45) is 0 Å². The van der Waals surface area contributed by atoms with Crippen molar-refractivity contribution in [3.8, 4) is 0 Å². The lowest BCUT2D eigenvalue weighted by Crippen LogP contribution is -2.49. The van der Waals surface area contributed by atoms with Crippen LogP contribution < -0.4 is 0 Å². The molecule has 2 rings (SSSR count). The van der Waals surface area contributed by atoms with Crippen molar-refractivity contribution >= 4 is 12.2 Å². The summed E-state index contributed by atoms with van der Waals surface area (Å²) in [6.07, 6.45) is 1.54. The fourth-order valence-electron chi connectivity index (χ4n) is 2.72. The zero-order valence-electron chi connectivity index (χ0n) is 18.6. The monoisotopic (exact) mass is 402 g/mol. The fraction of sp³-hybridized carbons (Fsp3) is 0.900. The van der Waals surface area contributed by atoms with Gasteiger partial charge in [0, 0.05) is 26.2 Å². The minimum absolute atomic E-state index is 0.139. The van der Waals surface area contributed by atoms with E-state index >= 15 is 0 Å². The maximum absolute atomic E-state index is 11.5. The summed E-state index contributed by atoms with van der Waals surface area (Å²) in [6, 6.07) is 0.277. The van der Waals surface area contributed by atoms with Crippen LogP contribution in [0.15, 0.2) is 0 Å². The van der Waals surface area contributed by atoms with Crippen molar-refractivity contribution in [1.82, 2.24) is 9.80 Å². The Balaban J connectivity index is 0.000000280. The van der Waals surface area contributed by atoms with Crippen molar-refractivity contribution < 1.29 is 29.3 Å². The number of ether oxygens (including phenoxy) is 2. The first-order valence-electron chi connectivity index (χ1n) is 9.87. The molecule has 2 N–H and O–H groups in total. The molecule has 28 heavy (non-hydrogen) atoms. The third-order valence-corrected chi connectivity index (χ3v) is 4.64. The normalized spacial score (nSPS) is 26.6. The highest BCUT2D eigenvalue weighted by Crippen LogP contribution is 2.26. The molecule has 164 valence electrons. The summed E-state index contributed by atoms with van der Waals surface area (Å²) in [5, 5.41) is 18.2. The molecule has 2 amide bonds. The van der Waals surface area contributed by atoms with E-state index in [-0.39, 0.29) is 36.5 Å². The molecule has 2 fully saturated rings. The standard InChI is InChI=1S/2C10H19NO3/c2*1-10(2,3)14-9(13)11(4)7-5-8(12)6-7/h2*7-8,12H,5-6H2,1-4H3. The Morgan fingerprint density at radius 2 is 0.964 bits per heavy atom. The maximum atomic E-state index is 11.5. The molecule has 0 spiro atoms. The van der Waals surface area contributed by atoms with Gasteiger partial charge in [0.05, 0.1) is 12.2 Å². The molecule has 8 heteroatoms. The van der Waals surface area contributed by atoms with Gasteiger partial charge in [-0.3, -0.25) is 0 Å².